The molecular weight excluding hydrogens is 304 g/mol. The first kappa shape index (κ1) is 16.8. The molecule has 1 aliphatic rings. The van der Waals surface area contributed by atoms with E-state index < -0.39 is 0 Å². The molecule has 1 aliphatic heterocycles. The highest BCUT2D eigenvalue weighted by atomic mass is 16.5. The van der Waals surface area contributed by atoms with Gasteiger partial charge in [0.25, 0.3) is 0 Å². The first-order chi connectivity index (χ1) is 11.6. The molecule has 5 nitrogen and oxygen atoms in total. The third-order valence-corrected chi connectivity index (χ3v) is 4.91. The molecule has 1 aromatic heterocycles. The minimum atomic E-state index is 0.670. The zero-order valence-corrected chi connectivity index (χ0v) is 15.0. The van der Waals surface area contributed by atoms with Gasteiger partial charge in [0.2, 0.25) is 0 Å². The molecule has 1 aromatic carbocycles. The molecule has 3 rings (SSSR count). The minimum Gasteiger partial charge on any atom is -0.493 e. The molecule has 0 bridgehead atoms. The van der Waals surface area contributed by atoms with E-state index in [-0.39, 0.29) is 0 Å². The van der Waals surface area contributed by atoms with Gasteiger partial charge in [-0.2, -0.15) is 0 Å². The standard InChI is InChI=1S/C19H26N2O3/c1-13-17(14(2)24-20-13)12-21-8-7-16(11-21)9-15-5-6-18(22-3)19(10-15)23-4/h5-6,10,16H,7-9,11-12H2,1-4H3. The second-order valence-electron chi connectivity index (χ2n) is 6.59. The van der Waals surface area contributed by atoms with Gasteiger partial charge in [-0.3, -0.25) is 4.90 Å². The summed E-state index contributed by atoms with van der Waals surface area (Å²) in [4.78, 5) is 2.50. The van der Waals surface area contributed by atoms with Crippen molar-refractivity contribution in [3.05, 3.63) is 40.8 Å². The van der Waals surface area contributed by atoms with Crippen LogP contribution < -0.4 is 9.47 Å². The van der Waals surface area contributed by atoms with E-state index in [9.17, 15) is 0 Å². The maximum atomic E-state index is 5.41. The molecule has 0 aliphatic carbocycles. The Kier molecular flexibility index (Phi) is 5.09. The summed E-state index contributed by atoms with van der Waals surface area (Å²) in [5.74, 6) is 3.20. The quantitative estimate of drug-likeness (QED) is 0.813. The lowest BCUT2D eigenvalue weighted by atomic mass is 9.98. The van der Waals surface area contributed by atoms with Crippen molar-refractivity contribution in [2.24, 2.45) is 5.92 Å². The normalized spacial score (nSPS) is 18.1. The van der Waals surface area contributed by atoms with Crippen LogP contribution in [0.4, 0.5) is 0 Å². The first-order valence-corrected chi connectivity index (χ1v) is 8.45. The van der Waals surface area contributed by atoms with Crippen molar-refractivity contribution in [2.45, 2.75) is 33.2 Å². The average molecular weight is 330 g/mol. The summed E-state index contributed by atoms with van der Waals surface area (Å²) in [5, 5.41) is 4.05. The average Bonchev–Trinajstić information content (AvgIpc) is 3.16. The SMILES string of the molecule is COc1ccc(CC2CCN(Cc3c(C)noc3C)C2)cc1OC. The van der Waals surface area contributed by atoms with Gasteiger partial charge >= 0.3 is 0 Å². The van der Waals surface area contributed by atoms with Crippen LogP contribution in [0, 0.1) is 19.8 Å². The molecule has 0 spiro atoms. The molecule has 5 heteroatoms. The van der Waals surface area contributed by atoms with E-state index >= 15 is 0 Å². The molecule has 24 heavy (non-hydrogen) atoms. The summed E-state index contributed by atoms with van der Waals surface area (Å²) < 4.78 is 16.0. The van der Waals surface area contributed by atoms with Gasteiger partial charge in [0.15, 0.2) is 11.5 Å². The number of aromatic nitrogens is 1. The van der Waals surface area contributed by atoms with Gasteiger partial charge in [0.05, 0.1) is 19.9 Å². The van der Waals surface area contributed by atoms with Crippen LogP contribution in [-0.2, 0) is 13.0 Å². The van der Waals surface area contributed by atoms with Gasteiger partial charge in [-0.05, 0) is 56.8 Å². The number of nitrogens with zero attached hydrogens (tertiary/aromatic N) is 2. The lowest BCUT2D eigenvalue weighted by Crippen LogP contribution is -2.21. The molecule has 1 fully saturated rings. The molecule has 130 valence electrons. The highest BCUT2D eigenvalue weighted by Crippen LogP contribution is 2.30. The van der Waals surface area contributed by atoms with Crippen molar-refractivity contribution in [2.75, 3.05) is 27.3 Å². The van der Waals surface area contributed by atoms with Crippen LogP contribution in [0.1, 0.15) is 29.0 Å². The number of aryl methyl sites for hydroxylation is 2. The number of rotatable bonds is 6. The van der Waals surface area contributed by atoms with Crippen LogP contribution in [0.5, 0.6) is 11.5 Å². The maximum absolute atomic E-state index is 5.41. The van der Waals surface area contributed by atoms with Gasteiger partial charge in [-0.25, -0.2) is 0 Å². The number of hydrogen-bond acceptors (Lipinski definition) is 5. The van der Waals surface area contributed by atoms with Crippen molar-refractivity contribution in [3.8, 4) is 11.5 Å². The highest BCUT2D eigenvalue weighted by molar-refractivity contribution is 5.43. The molecule has 2 heterocycles. The summed E-state index contributed by atoms with van der Waals surface area (Å²) in [6.45, 7) is 7.18. The number of hydrogen-bond donors (Lipinski definition) is 0. The fourth-order valence-electron chi connectivity index (χ4n) is 3.52. The zero-order chi connectivity index (χ0) is 17.1. The molecule has 0 saturated carbocycles. The second-order valence-corrected chi connectivity index (χ2v) is 6.59. The van der Waals surface area contributed by atoms with Crippen LogP contribution >= 0.6 is 0 Å². The van der Waals surface area contributed by atoms with Gasteiger partial charge < -0.3 is 14.0 Å². The molecule has 0 amide bonds. The van der Waals surface area contributed by atoms with Crippen LogP contribution in [0.2, 0.25) is 0 Å². The van der Waals surface area contributed by atoms with Crippen LogP contribution in [0.3, 0.4) is 0 Å². The Bertz CT molecular complexity index is 676. The molecule has 1 saturated heterocycles. The van der Waals surface area contributed by atoms with Crippen molar-refractivity contribution in [1.82, 2.24) is 10.1 Å². The van der Waals surface area contributed by atoms with Gasteiger partial charge in [-0.1, -0.05) is 11.2 Å². The van der Waals surface area contributed by atoms with E-state index in [1.54, 1.807) is 14.2 Å². The number of likely N-dealkylation sites (tertiary alicyclic amines) is 1. The molecule has 2 aromatic rings. The second kappa shape index (κ2) is 7.26. The Morgan fingerprint density at radius 2 is 2.00 bits per heavy atom. The molecule has 1 unspecified atom stereocenters. The van der Waals surface area contributed by atoms with Crippen LogP contribution in [-0.4, -0.2) is 37.4 Å². The van der Waals surface area contributed by atoms with E-state index in [2.05, 4.69) is 22.2 Å². The third-order valence-electron chi connectivity index (χ3n) is 4.91. The summed E-state index contributed by atoms with van der Waals surface area (Å²) in [6, 6.07) is 6.22. The number of benzene rings is 1. The molecular formula is C19H26N2O3. The highest BCUT2D eigenvalue weighted by Gasteiger charge is 2.24. The Morgan fingerprint density at radius 3 is 2.67 bits per heavy atom. The summed E-state index contributed by atoms with van der Waals surface area (Å²) in [6.07, 6.45) is 2.29. The Morgan fingerprint density at radius 1 is 1.21 bits per heavy atom. The van der Waals surface area contributed by atoms with Gasteiger partial charge in [-0.15, -0.1) is 0 Å². The van der Waals surface area contributed by atoms with Crippen molar-refractivity contribution < 1.29 is 14.0 Å². The Labute approximate surface area is 143 Å². The first-order valence-electron chi connectivity index (χ1n) is 8.45. The fraction of sp³-hybridized carbons (Fsp3) is 0.526. The Hall–Kier alpha value is -2.01. The fourth-order valence-corrected chi connectivity index (χ4v) is 3.52. The molecule has 1 atom stereocenters. The number of methoxy groups -OCH3 is 2. The lowest BCUT2D eigenvalue weighted by molar-refractivity contribution is 0.312. The number of ether oxygens (including phenoxy) is 2. The summed E-state index contributed by atoms with van der Waals surface area (Å²) in [5.41, 5.74) is 3.55. The topological polar surface area (TPSA) is 47.7 Å². The van der Waals surface area contributed by atoms with Crippen molar-refractivity contribution in [1.29, 1.82) is 0 Å². The van der Waals surface area contributed by atoms with Gasteiger partial charge in [0, 0.05) is 18.7 Å². The van der Waals surface area contributed by atoms with E-state index in [0.29, 0.717) is 5.92 Å². The summed E-state index contributed by atoms with van der Waals surface area (Å²) >= 11 is 0. The van der Waals surface area contributed by atoms with E-state index in [0.717, 1.165) is 49.0 Å². The van der Waals surface area contributed by atoms with Gasteiger partial charge in [0.1, 0.15) is 5.76 Å². The van der Waals surface area contributed by atoms with E-state index in [4.69, 9.17) is 14.0 Å². The van der Waals surface area contributed by atoms with Crippen molar-refractivity contribution >= 4 is 0 Å². The van der Waals surface area contributed by atoms with E-state index in [1.165, 1.54) is 17.5 Å². The van der Waals surface area contributed by atoms with Crippen LogP contribution in [0.25, 0.3) is 0 Å². The Balaban J connectivity index is 1.60. The predicted molar refractivity (Wildman–Crippen MR) is 92.6 cm³/mol. The monoisotopic (exact) mass is 330 g/mol. The van der Waals surface area contributed by atoms with Crippen molar-refractivity contribution in [3.63, 3.8) is 0 Å². The van der Waals surface area contributed by atoms with E-state index in [1.807, 2.05) is 19.9 Å². The molecule has 0 radical (unpaired) electrons. The largest absolute Gasteiger partial charge is 0.493 e. The predicted octanol–water partition coefficient (Wildman–Crippen LogP) is 3.37. The zero-order valence-electron chi connectivity index (χ0n) is 15.0. The van der Waals surface area contributed by atoms with Crippen LogP contribution in [0.15, 0.2) is 22.7 Å². The minimum absolute atomic E-state index is 0.670. The lowest BCUT2D eigenvalue weighted by Gasteiger charge is -2.16. The third kappa shape index (κ3) is 3.56. The smallest absolute Gasteiger partial charge is 0.160 e. The molecule has 0 N–H and O–H groups in total. The maximum Gasteiger partial charge on any atom is 0.160 e. The summed E-state index contributed by atoms with van der Waals surface area (Å²) in [7, 11) is 3.35.